The highest BCUT2D eigenvalue weighted by Crippen LogP contribution is 2.29. The number of morpholine rings is 1. The maximum atomic E-state index is 12.5. The molecule has 2 aliphatic rings. The molecule has 0 radical (unpaired) electrons. The van der Waals surface area contributed by atoms with Gasteiger partial charge in [-0.25, -0.2) is 0 Å². The van der Waals surface area contributed by atoms with Gasteiger partial charge >= 0.3 is 0 Å². The number of aromatic amines is 1. The highest BCUT2D eigenvalue weighted by molar-refractivity contribution is 5.92. The van der Waals surface area contributed by atoms with E-state index in [0.717, 1.165) is 18.5 Å². The molecule has 0 aromatic carbocycles. The Kier molecular flexibility index (Phi) is 3.07. The first-order chi connectivity index (χ1) is 8.75. The summed E-state index contributed by atoms with van der Waals surface area (Å²) in [6, 6.07) is 2.06. The van der Waals surface area contributed by atoms with Gasteiger partial charge in [-0.05, 0) is 25.8 Å². The van der Waals surface area contributed by atoms with Crippen molar-refractivity contribution in [3.63, 3.8) is 0 Å². The van der Waals surface area contributed by atoms with E-state index < -0.39 is 0 Å². The van der Waals surface area contributed by atoms with Crippen molar-refractivity contribution in [3.05, 3.63) is 17.5 Å². The smallest absolute Gasteiger partial charge is 0.274 e. The van der Waals surface area contributed by atoms with E-state index in [1.54, 1.807) is 0 Å². The molecule has 98 valence electrons. The third-order valence-corrected chi connectivity index (χ3v) is 3.92. The number of aromatic nitrogens is 2. The monoisotopic (exact) mass is 249 g/mol. The Morgan fingerprint density at radius 3 is 3.11 bits per heavy atom. The van der Waals surface area contributed by atoms with E-state index >= 15 is 0 Å². The summed E-state index contributed by atoms with van der Waals surface area (Å²) in [7, 11) is 0. The number of carbonyl (C=O) groups excluding carboxylic acids is 1. The van der Waals surface area contributed by atoms with Crippen LogP contribution in [0.4, 0.5) is 0 Å². The van der Waals surface area contributed by atoms with E-state index in [0.29, 0.717) is 18.8 Å². The van der Waals surface area contributed by atoms with Gasteiger partial charge < -0.3 is 9.64 Å². The maximum Gasteiger partial charge on any atom is 0.274 e. The number of carbonyl (C=O) groups is 1. The number of nitrogens with zero attached hydrogens (tertiary/aromatic N) is 2. The van der Waals surface area contributed by atoms with Gasteiger partial charge in [-0.15, -0.1) is 0 Å². The van der Waals surface area contributed by atoms with Crippen molar-refractivity contribution < 1.29 is 9.53 Å². The number of hydrogen-bond donors (Lipinski definition) is 1. The number of amides is 1. The van der Waals surface area contributed by atoms with Gasteiger partial charge in [-0.1, -0.05) is 12.8 Å². The molecule has 1 amide bonds. The van der Waals surface area contributed by atoms with Crippen LogP contribution < -0.4 is 0 Å². The standard InChI is InChI=1S/C13H19N3O2/c1-9-8-10(15-14-9)13(17)16-6-7-18-12-5-3-2-4-11(12)16/h8,11-12H,2-7H2,1H3,(H,14,15)/t11-,12-/m1/s1. The molecule has 0 spiro atoms. The minimum Gasteiger partial charge on any atom is -0.374 e. The summed E-state index contributed by atoms with van der Waals surface area (Å²) in [6.45, 7) is 3.24. The lowest BCUT2D eigenvalue weighted by Gasteiger charge is -2.43. The Labute approximate surface area is 107 Å². The van der Waals surface area contributed by atoms with Crippen LogP contribution in [0.5, 0.6) is 0 Å². The van der Waals surface area contributed by atoms with Crippen LogP contribution in [0.15, 0.2) is 6.07 Å². The number of rotatable bonds is 1. The average molecular weight is 249 g/mol. The molecule has 5 heteroatoms. The van der Waals surface area contributed by atoms with Gasteiger partial charge in [0.1, 0.15) is 5.69 Å². The predicted molar refractivity (Wildman–Crippen MR) is 66.4 cm³/mol. The fraction of sp³-hybridized carbons (Fsp3) is 0.692. The first kappa shape index (κ1) is 11.7. The summed E-state index contributed by atoms with van der Waals surface area (Å²) in [5, 5.41) is 6.90. The van der Waals surface area contributed by atoms with Crippen LogP contribution in [-0.4, -0.2) is 46.3 Å². The van der Waals surface area contributed by atoms with Gasteiger partial charge in [-0.3, -0.25) is 9.89 Å². The van der Waals surface area contributed by atoms with Gasteiger partial charge in [0.25, 0.3) is 5.91 Å². The van der Waals surface area contributed by atoms with Gasteiger partial charge in [0.05, 0.1) is 18.8 Å². The molecule has 1 aliphatic carbocycles. The summed E-state index contributed by atoms with van der Waals surface area (Å²) in [5.41, 5.74) is 1.45. The summed E-state index contributed by atoms with van der Waals surface area (Å²) in [6.07, 6.45) is 4.77. The van der Waals surface area contributed by atoms with Crippen molar-refractivity contribution in [2.45, 2.75) is 44.8 Å². The van der Waals surface area contributed by atoms with E-state index in [2.05, 4.69) is 10.2 Å². The molecule has 2 atom stereocenters. The van der Waals surface area contributed by atoms with Gasteiger partial charge in [0.15, 0.2) is 0 Å². The quantitative estimate of drug-likeness (QED) is 0.820. The summed E-state index contributed by atoms with van der Waals surface area (Å²) >= 11 is 0. The Hall–Kier alpha value is -1.36. The number of H-pyrrole nitrogens is 1. The van der Waals surface area contributed by atoms with E-state index in [-0.39, 0.29) is 18.1 Å². The normalized spacial score (nSPS) is 27.9. The Morgan fingerprint density at radius 1 is 1.50 bits per heavy atom. The van der Waals surface area contributed by atoms with Gasteiger partial charge in [0.2, 0.25) is 0 Å². The zero-order valence-electron chi connectivity index (χ0n) is 10.7. The molecule has 18 heavy (non-hydrogen) atoms. The Morgan fingerprint density at radius 2 is 2.33 bits per heavy atom. The second-order valence-corrected chi connectivity index (χ2v) is 5.20. The number of fused-ring (bicyclic) bond motifs is 1. The third kappa shape index (κ3) is 2.03. The molecule has 1 aromatic heterocycles. The first-order valence-corrected chi connectivity index (χ1v) is 6.70. The first-order valence-electron chi connectivity index (χ1n) is 6.70. The maximum absolute atomic E-state index is 12.5. The number of ether oxygens (including phenoxy) is 1. The van der Waals surface area contributed by atoms with Gasteiger partial charge in [0, 0.05) is 12.2 Å². The minimum atomic E-state index is 0.0413. The highest BCUT2D eigenvalue weighted by Gasteiger charge is 2.37. The molecule has 1 aromatic rings. The number of nitrogens with one attached hydrogen (secondary N) is 1. The molecule has 1 saturated carbocycles. The summed E-state index contributed by atoms with van der Waals surface area (Å²) < 4.78 is 5.78. The van der Waals surface area contributed by atoms with E-state index in [9.17, 15) is 4.79 Å². The molecule has 1 saturated heterocycles. The molecular weight excluding hydrogens is 230 g/mol. The molecule has 3 rings (SSSR count). The van der Waals surface area contributed by atoms with Crippen molar-refractivity contribution in [2.24, 2.45) is 0 Å². The van der Waals surface area contributed by atoms with Crippen molar-refractivity contribution in [1.29, 1.82) is 0 Å². The SMILES string of the molecule is Cc1cc(C(=O)N2CCO[C@@H]3CCCC[C@H]32)n[nH]1. The second-order valence-electron chi connectivity index (χ2n) is 5.20. The zero-order chi connectivity index (χ0) is 12.5. The van der Waals surface area contributed by atoms with Crippen LogP contribution in [0.3, 0.4) is 0 Å². The van der Waals surface area contributed by atoms with Crippen LogP contribution in [0.25, 0.3) is 0 Å². The molecule has 5 nitrogen and oxygen atoms in total. The molecule has 2 heterocycles. The topological polar surface area (TPSA) is 58.2 Å². The minimum absolute atomic E-state index is 0.0413. The van der Waals surface area contributed by atoms with Crippen LogP contribution in [0, 0.1) is 6.92 Å². The van der Waals surface area contributed by atoms with Crippen LogP contribution in [-0.2, 0) is 4.74 Å². The second kappa shape index (κ2) is 4.72. The number of hydrogen-bond acceptors (Lipinski definition) is 3. The molecular formula is C13H19N3O2. The van der Waals surface area contributed by atoms with Crippen molar-refractivity contribution in [1.82, 2.24) is 15.1 Å². The van der Waals surface area contributed by atoms with Crippen LogP contribution in [0.2, 0.25) is 0 Å². The lowest BCUT2D eigenvalue weighted by atomic mass is 9.90. The molecule has 1 N–H and O–H groups in total. The third-order valence-electron chi connectivity index (χ3n) is 3.92. The summed E-state index contributed by atoms with van der Waals surface area (Å²) in [5.74, 6) is 0.0413. The molecule has 0 unspecified atom stereocenters. The highest BCUT2D eigenvalue weighted by atomic mass is 16.5. The Balaban J connectivity index is 1.79. The van der Waals surface area contributed by atoms with Crippen molar-refractivity contribution in [2.75, 3.05) is 13.2 Å². The van der Waals surface area contributed by atoms with Crippen LogP contribution in [0.1, 0.15) is 41.9 Å². The zero-order valence-corrected chi connectivity index (χ0v) is 10.7. The van der Waals surface area contributed by atoms with Gasteiger partial charge in [-0.2, -0.15) is 5.10 Å². The fourth-order valence-electron chi connectivity index (χ4n) is 3.02. The largest absolute Gasteiger partial charge is 0.374 e. The number of aryl methyl sites for hydroxylation is 1. The van der Waals surface area contributed by atoms with E-state index in [1.807, 2.05) is 17.9 Å². The Bertz CT molecular complexity index is 441. The molecule has 1 aliphatic heterocycles. The van der Waals surface area contributed by atoms with E-state index in [1.165, 1.54) is 12.8 Å². The summed E-state index contributed by atoms with van der Waals surface area (Å²) in [4.78, 5) is 14.4. The van der Waals surface area contributed by atoms with Crippen molar-refractivity contribution in [3.8, 4) is 0 Å². The molecule has 2 fully saturated rings. The lowest BCUT2D eigenvalue weighted by molar-refractivity contribution is -0.0754. The van der Waals surface area contributed by atoms with Crippen LogP contribution >= 0.6 is 0 Å². The lowest BCUT2D eigenvalue weighted by Crippen LogP contribution is -2.54. The van der Waals surface area contributed by atoms with Crippen molar-refractivity contribution >= 4 is 5.91 Å². The fourth-order valence-corrected chi connectivity index (χ4v) is 3.02. The predicted octanol–water partition coefficient (Wildman–Crippen LogP) is 1.50. The molecule has 0 bridgehead atoms. The van der Waals surface area contributed by atoms with E-state index in [4.69, 9.17) is 4.74 Å². The average Bonchev–Trinajstić information content (AvgIpc) is 2.84.